The molecule has 2 rings (SSSR count). The number of rotatable bonds is 5. The summed E-state index contributed by atoms with van der Waals surface area (Å²) in [5, 5.41) is 10.9. The SMILES string of the molecule is CNC(CSc1ncn[nH]1)C1CC1. The second-order valence-corrected chi connectivity index (χ2v) is 4.34. The molecule has 0 saturated heterocycles. The van der Waals surface area contributed by atoms with E-state index in [0.29, 0.717) is 6.04 Å². The minimum atomic E-state index is 0.634. The topological polar surface area (TPSA) is 53.6 Å². The number of H-pyrrole nitrogens is 1. The molecule has 4 nitrogen and oxygen atoms in total. The molecule has 1 heterocycles. The first-order valence-electron chi connectivity index (χ1n) is 4.55. The molecular formula is C8H14N4S. The lowest BCUT2D eigenvalue weighted by Crippen LogP contribution is -2.29. The minimum absolute atomic E-state index is 0.634. The molecule has 1 aliphatic rings. The van der Waals surface area contributed by atoms with Crippen molar-refractivity contribution in [1.29, 1.82) is 0 Å². The Morgan fingerprint density at radius 3 is 3.15 bits per heavy atom. The number of nitrogens with one attached hydrogen (secondary N) is 2. The normalized spacial score (nSPS) is 18.8. The van der Waals surface area contributed by atoms with Crippen LogP contribution in [0.2, 0.25) is 0 Å². The van der Waals surface area contributed by atoms with E-state index in [1.165, 1.54) is 12.8 Å². The van der Waals surface area contributed by atoms with Crippen LogP contribution in [0.15, 0.2) is 11.5 Å². The van der Waals surface area contributed by atoms with Gasteiger partial charge >= 0.3 is 0 Å². The fourth-order valence-corrected chi connectivity index (χ4v) is 2.40. The molecule has 1 unspecified atom stereocenters. The smallest absolute Gasteiger partial charge is 0.183 e. The van der Waals surface area contributed by atoms with Crippen LogP contribution >= 0.6 is 11.8 Å². The zero-order valence-corrected chi connectivity index (χ0v) is 8.47. The highest BCUT2D eigenvalue weighted by molar-refractivity contribution is 7.99. The molecule has 5 heteroatoms. The van der Waals surface area contributed by atoms with Crippen LogP contribution in [0.4, 0.5) is 0 Å². The fourth-order valence-electron chi connectivity index (χ4n) is 1.39. The highest BCUT2D eigenvalue weighted by Crippen LogP contribution is 2.34. The number of nitrogens with zero attached hydrogens (tertiary/aromatic N) is 2. The average molecular weight is 198 g/mol. The first-order valence-corrected chi connectivity index (χ1v) is 5.54. The summed E-state index contributed by atoms with van der Waals surface area (Å²) < 4.78 is 0. The van der Waals surface area contributed by atoms with Gasteiger partial charge in [0.05, 0.1) is 0 Å². The quantitative estimate of drug-likeness (QED) is 0.690. The summed E-state index contributed by atoms with van der Waals surface area (Å²) in [4.78, 5) is 4.07. The Bertz CT molecular complexity index is 245. The van der Waals surface area contributed by atoms with Crippen molar-refractivity contribution < 1.29 is 0 Å². The maximum atomic E-state index is 4.07. The van der Waals surface area contributed by atoms with Crippen LogP contribution in [-0.2, 0) is 0 Å². The van der Waals surface area contributed by atoms with Gasteiger partial charge in [-0.25, -0.2) is 4.98 Å². The van der Waals surface area contributed by atoms with E-state index in [1.807, 2.05) is 7.05 Å². The van der Waals surface area contributed by atoms with E-state index in [-0.39, 0.29) is 0 Å². The van der Waals surface area contributed by atoms with Crippen LogP contribution in [0, 0.1) is 5.92 Å². The molecule has 0 bridgehead atoms. The average Bonchev–Trinajstić information content (AvgIpc) is 2.84. The van der Waals surface area contributed by atoms with Crippen molar-refractivity contribution in [3.05, 3.63) is 6.33 Å². The molecule has 0 amide bonds. The van der Waals surface area contributed by atoms with Gasteiger partial charge < -0.3 is 5.32 Å². The molecule has 0 aliphatic heterocycles. The van der Waals surface area contributed by atoms with E-state index in [0.717, 1.165) is 16.8 Å². The molecule has 72 valence electrons. The van der Waals surface area contributed by atoms with Crippen molar-refractivity contribution in [2.75, 3.05) is 12.8 Å². The Morgan fingerprint density at radius 1 is 1.77 bits per heavy atom. The summed E-state index contributed by atoms with van der Waals surface area (Å²) in [6, 6.07) is 0.634. The largest absolute Gasteiger partial charge is 0.316 e. The Balaban J connectivity index is 1.77. The van der Waals surface area contributed by atoms with E-state index in [1.54, 1.807) is 18.1 Å². The molecule has 1 saturated carbocycles. The first-order chi connectivity index (χ1) is 6.40. The number of aromatic nitrogens is 3. The van der Waals surface area contributed by atoms with Crippen molar-refractivity contribution in [3.63, 3.8) is 0 Å². The molecule has 1 aliphatic carbocycles. The van der Waals surface area contributed by atoms with Gasteiger partial charge in [-0.3, -0.25) is 5.10 Å². The lowest BCUT2D eigenvalue weighted by molar-refractivity contribution is 0.553. The summed E-state index contributed by atoms with van der Waals surface area (Å²) in [5.74, 6) is 1.97. The van der Waals surface area contributed by atoms with Crippen molar-refractivity contribution >= 4 is 11.8 Å². The summed E-state index contributed by atoms with van der Waals surface area (Å²) in [6.45, 7) is 0. The monoisotopic (exact) mass is 198 g/mol. The maximum Gasteiger partial charge on any atom is 0.183 e. The van der Waals surface area contributed by atoms with Gasteiger partial charge in [0.25, 0.3) is 0 Å². The van der Waals surface area contributed by atoms with Gasteiger partial charge in [-0.2, -0.15) is 5.10 Å². The summed E-state index contributed by atoms with van der Waals surface area (Å²) >= 11 is 1.74. The standard InChI is InChI=1S/C8H14N4S/c1-9-7(6-2-3-6)4-13-8-10-5-11-12-8/h5-7,9H,2-4H2,1H3,(H,10,11,12). The second-order valence-electron chi connectivity index (χ2n) is 3.33. The van der Waals surface area contributed by atoms with E-state index < -0.39 is 0 Å². The van der Waals surface area contributed by atoms with E-state index in [2.05, 4.69) is 20.5 Å². The minimum Gasteiger partial charge on any atom is -0.316 e. The van der Waals surface area contributed by atoms with Crippen LogP contribution in [0.5, 0.6) is 0 Å². The number of aromatic amines is 1. The molecule has 1 aromatic heterocycles. The van der Waals surface area contributed by atoms with Gasteiger partial charge in [-0.1, -0.05) is 11.8 Å². The van der Waals surface area contributed by atoms with Crippen LogP contribution < -0.4 is 5.32 Å². The molecule has 2 N–H and O–H groups in total. The molecule has 0 radical (unpaired) electrons. The van der Waals surface area contributed by atoms with Crippen LogP contribution in [0.25, 0.3) is 0 Å². The van der Waals surface area contributed by atoms with Crippen LogP contribution in [0.1, 0.15) is 12.8 Å². The molecule has 1 atom stereocenters. The predicted molar refractivity (Wildman–Crippen MR) is 52.7 cm³/mol. The number of hydrogen-bond donors (Lipinski definition) is 2. The third-order valence-corrected chi connectivity index (χ3v) is 3.35. The zero-order valence-electron chi connectivity index (χ0n) is 7.66. The highest BCUT2D eigenvalue weighted by Gasteiger charge is 2.29. The molecular weight excluding hydrogens is 184 g/mol. The number of hydrogen-bond acceptors (Lipinski definition) is 4. The van der Waals surface area contributed by atoms with Crippen LogP contribution in [0.3, 0.4) is 0 Å². The van der Waals surface area contributed by atoms with Gasteiger partial charge in [0.15, 0.2) is 5.16 Å². The molecule has 0 spiro atoms. The second kappa shape index (κ2) is 4.11. The Hall–Kier alpha value is -0.550. The fraction of sp³-hybridized carbons (Fsp3) is 0.750. The lowest BCUT2D eigenvalue weighted by Gasteiger charge is -2.12. The van der Waals surface area contributed by atoms with Gasteiger partial charge in [-0.15, -0.1) is 0 Å². The number of thioether (sulfide) groups is 1. The van der Waals surface area contributed by atoms with Gasteiger partial charge in [0.1, 0.15) is 6.33 Å². The maximum absolute atomic E-state index is 4.07. The molecule has 13 heavy (non-hydrogen) atoms. The molecule has 1 fully saturated rings. The van der Waals surface area contributed by atoms with E-state index in [9.17, 15) is 0 Å². The predicted octanol–water partition coefficient (Wildman–Crippen LogP) is 0.895. The Labute approximate surface area is 81.9 Å². The molecule has 0 aromatic carbocycles. The third kappa shape index (κ3) is 2.45. The van der Waals surface area contributed by atoms with Gasteiger partial charge in [-0.05, 0) is 25.8 Å². The summed E-state index contributed by atoms with van der Waals surface area (Å²) in [7, 11) is 2.03. The highest BCUT2D eigenvalue weighted by atomic mass is 32.2. The molecule has 1 aromatic rings. The van der Waals surface area contributed by atoms with Crippen molar-refractivity contribution in [2.24, 2.45) is 5.92 Å². The summed E-state index contributed by atoms with van der Waals surface area (Å²) in [6.07, 6.45) is 4.30. The third-order valence-electron chi connectivity index (χ3n) is 2.35. The van der Waals surface area contributed by atoms with E-state index >= 15 is 0 Å². The van der Waals surface area contributed by atoms with Crippen molar-refractivity contribution in [3.8, 4) is 0 Å². The van der Waals surface area contributed by atoms with E-state index in [4.69, 9.17) is 0 Å². The lowest BCUT2D eigenvalue weighted by atomic mass is 10.2. The Morgan fingerprint density at radius 2 is 2.62 bits per heavy atom. The van der Waals surface area contributed by atoms with Crippen LogP contribution in [-0.4, -0.2) is 34.0 Å². The zero-order chi connectivity index (χ0) is 9.10. The van der Waals surface area contributed by atoms with Crippen molar-refractivity contribution in [2.45, 2.75) is 24.0 Å². The van der Waals surface area contributed by atoms with Gasteiger partial charge in [0.2, 0.25) is 0 Å². The summed E-state index contributed by atoms with van der Waals surface area (Å²) in [5.41, 5.74) is 0. The van der Waals surface area contributed by atoms with Crippen molar-refractivity contribution in [1.82, 2.24) is 20.5 Å². The first kappa shape index (κ1) is 9.02. The van der Waals surface area contributed by atoms with Gasteiger partial charge in [0, 0.05) is 11.8 Å². The Kier molecular flexibility index (Phi) is 2.85.